The van der Waals surface area contributed by atoms with E-state index >= 15 is 0 Å². The lowest BCUT2D eigenvalue weighted by Gasteiger charge is -2.24. The number of aliphatic carboxylic acids is 1. The summed E-state index contributed by atoms with van der Waals surface area (Å²) in [6.45, 7) is 2.08. The van der Waals surface area contributed by atoms with Crippen molar-refractivity contribution in [1.29, 1.82) is 0 Å². The highest BCUT2D eigenvalue weighted by Crippen LogP contribution is 2.37. The van der Waals surface area contributed by atoms with Crippen molar-refractivity contribution >= 4 is 12.0 Å². The summed E-state index contributed by atoms with van der Waals surface area (Å²) < 4.78 is 0. The fraction of sp³-hybridized carbons (Fsp3) is 0.846. The molecule has 0 bridgehead atoms. The molecule has 1 heterocycles. The Balaban J connectivity index is 1.78. The SMILES string of the molecule is CN1CCC(NC(=O)NCC2(C(=O)O)CCCC2)C1. The molecule has 1 saturated carbocycles. The zero-order chi connectivity index (χ0) is 13.9. The minimum Gasteiger partial charge on any atom is -0.481 e. The summed E-state index contributed by atoms with van der Waals surface area (Å²) in [6, 6.07) is -0.0674. The number of amides is 2. The Kier molecular flexibility index (Phi) is 4.29. The van der Waals surface area contributed by atoms with E-state index in [0.717, 1.165) is 32.4 Å². The highest BCUT2D eigenvalue weighted by Gasteiger charge is 2.41. The Morgan fingerprint density at radius 3 is 2.58 bits per heavy atom. The predicted molar refractivity (Wildman–Crippen MR) is 71.0 cm³/mol. The third kappa shape index (κ3) is 3.37. The number of nitrogens with one attached hydrogen (secondary N) is 2. The number of likely N-dealkylation sites (N-methyl/N-ethyl adjacent to an activating group) is 1. The van der Waals surface area contributed by atoms with Crippen molar-refractivity contribution in [2.24, 2.45) is 5.41 Å². The lowest BCUT2D eigenvalue weighted by atomic mass is 9.86. The van der Waals surface area contributed by atoms with E-state index in [-0.39, 0.29) is 18.6 Å². The molecule has 2 rings (SSSR count). The summed E-state index contributed by atoms with van der Waals surface area (Å²) in [5.74, 6) is -0.786. The van der Waals surface area contributed by atoms with Crippen LogP contribution in [0.1, 0.15) is 32.1 Å². The van der Waals surface area contributed by atoms with E-state index in [0.29, 0.717) is 12.8 Å². The lowest BCUT2D eigenvalue weighted by Crippen LogP contribution is -2.48. The van der Waals surface area contributed by atoms with Gasteiger partial charge in [-0.1, -0.05) is 12.8 Å². The first kappa shape index (κ1) is 14.1. The van der Waals surface area contributed by atoms with Crippen LogP contribution in [0, 0.1) is 5.41 Å². The number of carbonyl (C=O) groups excluding carboxylic acids is 1. The van der Waals surface area contributed by atoms with E-state index in [1.165, 1.54) is 0 Å². The molecule has 108 valence electrons. The number of rotatable bonds is 4. The smallest absolute Gasteiger partial charge is 0.315 e. The number of nitrogens with zero attached hydrogens (tertiary/aromatic N) is 1. The lowest BCUT2D eigenvalue weighted by molar-refractivity contribution is -0.148. The fourth-order valence-electron chi connectivity index (χ4n) is 3.06. The normalized spacial score (nSPS) is 26.3. The van der Waals surface area contributed by atoms with Crippen LogP contribution in [0.25, 0.3) is 0 Å². The fourth-order valence-corrected chi connectivity index (χ4v) is 3.06. The molecule has 0 aromatic rings. The highest BCUT2D eigenvalue weighted by molar-refractivity contribution is 5.78. The zero-order valence-electron chi connectivity index (χ0n) is 11.4. The van der Waals surface area contributed by atoms with Crippen LogP contribution in [0.5, 0.6) is 0 Å². The van der Waals surface area contributed by atoms with Gasteiger partial charge in [-0.15, -0.1) is 0 Å². The predicted octanol–water partition coefficient (Wildman–Crippen LogP) is 0.635. The summed E-state index contributed by atoms with van der Waals surface area (Å²) in [5.41, 5.74) is -0.746. The number of hydrogen-bond donors (Lipinski definition) is 3. The van der Waals surface area contributed by atoms with Gasteiger partial charge in [0.25, 0.3) is 0 Å². The summed E-state index contributed by atoms with van der Waals surface area (Å²) in [5, 5.41) is 15.0. The van der Waals surface area contributed by atoms with Crippen molar-refractivity contribution in [3.8, 4) is 0 Å². The minimum atomic E-state index is -0.786. The van der Waals surface area contributed by atoms with Crippen molar-refractivity contribution in [2.75, 3.05) is 26.7 Å². The summed E-state index contributed by atoms with van der Waals surface area (Å²) in [4.78, 5) is 25.3. The number of hydrogen-bond acceptors (Lipinski definition) is 3. The van der Waals surface area contributed by atoms with Gasteiger partial charge in [-0.2, -0.15) is 0 Å². The molecule has 19 heavy (non-hydrogen) atoms. The average molecular weight is 269 g/mol. The van der Waals surface area contributed by atoms with Crippen LogP contribution in [0.2, 0.25) is 0 Å². The Labute approximate surface area is 113 Å². The summed E-state index contributed by atoms with van der Waals surface area (Å²) >= 11 is 0. The van der Waals surface area contributed by atoms with Crippen LogP contribution in [0.3, 0.4) is 0 Å². The number of carbonyl (C=O) groups is 2. The molecule has 0 aromatic carbocycles. The number of carboxylic acids is 1. The van der Waals surface area contributed by atoms with Gasteiger partial charge in [0.05, 0.1) is 5.41 Å². The van der Waals surface area contributed by atoms with Gasteiger partial charge in [0.2, 0.25) is 0 Å². The topological polar surface area (TPSA) is 81.7 Å². The molecule has 1 saturated heterocycles. The van der Waals surface area contributed by atoms with Crippen molar-refractivity contribution < 1.29 is 14.7 Å². The molecule has 6 heteroatoms. The quantitative estimate of drug-likeness (QED) is 0.699. The molecular formula is C13H23N3O3. The maximum absolute atomic E-state index is 11.8. The minimum absolute atomic E-state index is 0.175. The molecule has 2 amide bonds. The second kappa shape index (κ2) is 5.77. The van der Waals surface area contributed by atoms with E-state index in [1.807, 2.05) is 7.05 Å². The van der Waals surface area contributed by atoms with E-state index in [1.54, 1.807) is 0 Å². The van der Waals surface area contributed by atoms with Crippen LogP contribution in [0.15, 0.2) is 0 Å². The molecule has 1 unspecified atom stereocenters. The number of urea groups is 1. The van der Waals surface area contributed by atoms with Crippen LogP contribution < -0.4 is 10.6 Å². The van der Waals surface area contributed by atoms with E-state index in [9.17, 15) is 14.7 Å². The van der Waals surface area contributed by atoms with Gasteiger partial charge in [-0.25, -0.2) is 4.79 Å². The number of carboxylic acid groups (broad SMARTS) is 1. The van der Waals surface area contributed by atoms with Gasteiger partial charge in [-0.05, 0) is 32.9 Å². The highest BCUT2D eigenvalue weighted by atomic mass is 16.4. The molecule has 3 N–H and O–H groups in total. The second-order valence-electron chi connectivity index (χ2n) is 5.87. The Morgan fingerprint density at radius 2 is 2.05 bits per heavy atom. The van der Waals surface area contributed by atoms with Crippen molar-refractivity contribution in [3.63, 3.8) is 0 Å². The molecule has 1 atom stereocenters. The van der Waals surface area contributed by atoms with E-state index in [2.05, 4.69) is 15.5 Å². The zero-order valence-corrected chi connectivity index (χ0v) is 11.4. The molecule has 1 aliphatic heterocycles. The number of likely N-dealkylation sites (tertiary alicyclic amines) is 1. The van der Waals surface area contributed by atoms with Gasteiger partial charge in [0, 0.05) is 19.1 Å². The first-order chi connectivity index (χ1) is 9.02. The second-order valence-corrected chi connectivity index (χ2v) is 5.87. The molecule has 2 aliphatic rings. The molecule has 1 aliphatic carbocycles. The molecule has 0 aromatic heterocycles. The maximum Gasteiger partial charge on any atom is 0.315 e. The van der Waals surface area contributed by atoms with Crippen molar-refractivity contribution in [1.82, 2.24) is 15.5 Å². The van der Waals surface area contributed by atoms with Gasteiger partial charge in [0.1, 0.15) is 0 Å². The monoisotopic (exact) mass is 269 g/mol. The first-order valence-corrected chi connectivity index (χ1v) is 6.98. The maximum atomic E-state index is 11.8. The van der Waals surface area contributed by atoms with Crippen LogP contribution >= 0.6 is 0 Å². The largest absolute Gasteiger partial charge is 0.481 e. The molecule has 2 fully saturated rings. The average Bonchev–Trinajstić information content (AvgIpc) is 2.97. The first-order valence-electron chi connectivity index (χ1n) is 6.98. The van der Waals surface area contributed by atoms with E-state index in [4.69, 9.17) is 0 Å². The van der Waals surface area contributed by atoms with Crippen molar-refractivity contribution in [2.45, 2.75) is 38.1 Å². The summed E-state index contributed by atoms with van der Waals surface area (Å²) in [7, 11) is 2.03. The molecule has 6 nitrogen and oxygen atoms in total. The van der Waals surface area contributed by atoms with Crippen LogP contribution in [0.4, 0.5) is 4.79 Å². The van der Waals surface area contributed by atoms with Gasteiger partial charge >= 0.3 is 12.0 Å². The summed E-state index contributed by atoms with van der Waals surface area (Å²) in [6.07, 6.45) is 4.14. The van der Waals surface area contributed by atoms with Crippen LogP contribution in [-0.4, -0.2) is 54.7 Å². The Hall–Kier alpha value is -1.30. The third-order valence-electron chi connectivity index (χ3n) is 4.33. The van der Waals surface area contributed by atoms with E-state index < -0.39 is 11.4 Å². The van der Waals surface area contributed by atoms with Crippen molar-refractivity contribution in [3.05, 3.63) is 0 Å². The molecular weight excluding hydrogens is 246 g/mol. The van der Waals surface area contributed by atoms with Crippen LogP contribution in [-0.2, 0) is 4.79 Å². The molecule has 0 radical (unpaired) electrons. The van der Waals surface area contributed by atoms with Gasteiger partial charge in [0.15, 0.2) is 0 Å². The Morgan fingerprint density at radius 1 is 1.37 bits per heavy atom. The standard InChI is InChI=1S/C13H23N3O3/c1-16-7-4-10(8-16)15-12(19)14-9-13(11(17)18)5-2-3-6-13/h10H,2-9H2,1H3,(H,17,18)(H2,14,15,19). The Bertz CT molecular complexity index is 353. The van der Waals surface area contributed by atoms with Gasteiger partial charge < -0.3 is 20.6 Å². The molecule has 0 spiro atoms. The van der Waals surface area contributed by atoms with Gasteiger partial charge in [-0.3, -0.25) is 4.79 Å². The third-order valence-corrected chi connectivity index (χ3v) is 4.33.